The first-order chi connectivity index (χ1) is 8.93. The van der Waals surface area contributed by atoms with Gasteiger partial charge in [0.25, 0.3) is 5.91 Å². The van der Waals surface area contributed by atoms with E-state index in [0.29, 0.717) is 6.42 Å². The number of hydrogen-bond donors (Lipinski definition) is 0. The number of terminal acetylenes is 1. The van der Waals surface area contributed by atoms with Crippen molar-refractivity contribution < 1.29 is 13.2 Å². The van der Waals surface area contributed by atoms with E-state index in [-0.39, 0.29) is 27.5 Å². The Morgan fingerprint density at radius 1 is 1.58 bits per heavy atom. The van der Waals surface area contributed by atoms with E-state index in [1.54, 1.807) is 0 Å². The summed E-state index contributed by atoms with van der Waals surface area (Å²) in [5.41, 5.74) is 0. The molecule has 0 aromatic carbocycles. The molecule has 1 amide bonds. The summed E-state index contributed by atoms with van der Waals surface area (Å²) < 4.78 is 23.1. The number of carbonyl (C=O) groups excluding carboxylic acids is 1. The molecule has 1 aromatic rings. The number of sulfone groups is 1. The van der Waals surface area contributed by atoms with Crippen LogP contribution in [0.25, 0.3) is 0 Å². The third-order valence-electron chi connectivity index (χ3n) is 2.75. The molecule has 0 radical (unpaired) electrons. The standard InChI is InChI=1S/C10H10ClN3O3S2/c1-2-4-14(7-3-5-19(16,17)6-7)9(15)8-12-13-10(11)18-8/h1,7H,3-6H2. The van der Waals surface area contributed by atoms with Crippen LogP contribution >= 0.6 is 22.9 Å². The summed E-state index contributed by atoms with van der Waals surface area (Å²) in [5.74, 6) is 1.95. The van der Waals surface area contributed by atoms with Crippen LogP contribution in [0.5, 0.6) is 0 Å². The largest absolute Gasteiger partial charge is 0.321 e. The van der Waals surface area contributed by atoms with E-state index in [9.17, 15) is 13.2 Å². The molecule has 1 aliphatic heterocycles. The van der Waals surface area contributed by atoms with E-state index in [1.807, 2.05) is 0 Å². The van der Waals surface area contributed by atoms with Gasteiger partial charge in [-0.05, 0) is 18.0 Å². The summed E-state index contributed by atoms with van der Waals surface area (Å²) >= 11 is 6.57. The normalized spacial score (nSPS) is 20.9. The molecule has 1 aliphatic rings. The number of nitrogens with zero attached hydrogens (tertiary/aromatic N) is 3. The van der Waals surface area contributed by atoms with Crippen molar-refractivity contribution in [3.63, 3.8) is 0 Å². The molecule has 1 atom stereocenters. The number of amides is 1. The average molecular weight is 320 g/mol. The van der Waals surface area contributed by atoms with Gasteiger partial charge in [0.2, 0.25) is 9.47 Å². The van der Waals surface area contributed by atoms with Crippen LogP contribution in [0.2, 0.25) is 4.47 Å². The first-order valence-corrected chi connectivity index (χ1v) is 8.38. The van der Waals surface area contributed by atoms with Crippen molar-refractivity contribution in [2.24, 2.45) is 0 Å². The Morgan fingerprint density at radius 3 is 2.79 bits per heavy atom. The molecule has 6 nitrogen and oxygen atoms in total. The highest BCUT2D eigenvalue weighted by Gasteiger charge is 2.35. The maximum Gasteiger partial charge on any atom is 0.285 e. The molecule has 1 fully saturated rings. The molecule has 19 heavy (non-hydrogen) atoms. The van der Waals surface area contributed by atoms with Gasteiger partial charge in [0.15, 0.2) is 9.84 Å². The Morgan fingerprint density at radius 2 is 2.32 bits per heavy atom. The highest BCUT2D eigenvalue weighted by atomic mass is 35.5. The lowest BCUT2D eigenvalue weighted by Gasteiger charge is -2.24. The van der Waals surface area contributed by atoms with E-state index in [4.69, 9.17) is 18.0 Å². The SMILES string of the molecule is C#CCN(C(=O)c1nnc(Cl)s1)C1CCS(=O)(=O)C1. The molecular formula is C10H10ClN3O3S2. The zero-order valence-corrected chi connectivity index (χ0v) is 12.1. The van der Waals surface area contributed by atoms with Gasteiger partial charge in [-0.25, -0.2) is 8.42 Å². The van der Waals surface area contributed by atoms with Gasteiger partial charge >= 0.3 is 0 Å². The second-order valence-corrected chi connectivity index (χ2v) is 7.84. The van der Waals surface area contributed by atoms with Gasteiger partial charge < -0.3 is 4.90 Å². The molecule has 102 valence electrons. The van der Waals surface area contributed by atoms with Crippen molar-refractivity contribution in [3.05, 3.63) is 9.47 Å². The molecule has 2 heterocycles. The van der Waals surface area contributed by atoms with Gasteiger partial charge in [-0.2, -0.15) is 0 Å². The molecule has 1 saturated heterocycles. The van der Waals surface area contributed by atoms with E-state index in [0.717, 1.165) is 11.3 Å². The lowest BCUT2D eigenvalue weighted by atomic mass is 10.2. The number of rotatable bonds is 3. The lowest BCUT2D eigenvalue weighted by molar-refractivity contribution is 0.0723. The summed E-state index contributed by atoms with van der Waals surface area (Å²) in [7, 11) is -3.09. The monoisotopic (exact) mass is 319 g/mol. The highest BCUT2D eigenvalue weighted by Crippen LogP contribution is 2.22. The lowest BCUT2D eigenvalue weighted by Crippen LogP contribution is -2.41. The fourth-order valence-corrected chi connectivity index (χ4v) is 4.42. The fraction of sp³-hybridized carbons (Fsp3) is 0.500. The molecule has 9 heteroatoms. The number of halogens is 1. The van der Waals surface area contributed by atoms with E-state index < -0.39 is 21.8 Å². The van der Waals surface area contributed by atoms with Crippen molar-refractivity contribution in [2.75, 3.05) is 18.1 Å². The Bertz CT molecular complexity index is 635. The third kappa shape index (κ3) is 3.23. The Balaban J connectivity index is 2.21. The van der Waals surface area contributed by atoms with E-state index in [2.05, 4.69) is 16.1 Å². The zero-order valence-electron chi connectivity index (χ0n) is 9.74. The zero-order chi connectivity index (χ0) is 14.0. The van der Waals surface area contributed by atoms with Gasteiger partial charge in [-0.15, -0.1) is 16.6 Å². The van der Waals surface area contributed by atoms with Gasteiger partial charge in [-0.3, -0.25) is 4.79 Å². The first kappa shape index (κ1) is 14.2. The maximum atomic E-state index is 12.2. The topological polar surface area (TPSA) is 80.2 Å². The predicted octanol–water partition coefficient (Wildman–Crippen LogP) is 0.454. The number of carbonyl (C=O) groups is 1. The maximum absolute atomic E-state index is 12.2. The van der Waals surface area contributed by atoms with Crippen LogP contribution in [0.4, 0.5) is 0 Å². The molecule has 0 aliphatic carbocycles. The summed E-state index contributed by atoms with van der Waals surface area (Å²) in [6.45, 7) is 0.0379. The summed E-state index contributed by atoms with van der Waals surface area (Å²) in [6, 6.07) is -0.406. The Labute approximate surface area is 119 Å². The second-order valence-electron chi connectivity index (χ2n) is 4.05. The van der Waals surface area contributed by atoms with Crippen LogP contribution in [0, 0.1) is 12.3 Å². The second kappa shape index (κ2) is 5.45. The highest BCUT2D eigenvalue weighted by molar-refractivity contribution is 7.91. The third-order valence-corrected chi connectivity index (χ3v) is 5.51. The molecule has 0 saturated carbocycles. The predicted molar refractivity (Wildman–Crippen MR) is 71.8 cm³/mol. The molecule has 0 spiro atoms. The van der Waals surface area contributed by atoms with Crippen molar-refractivity contribution >= 4 is 38.7 Å². The molecule has 0 bridgehead atoms. The van der Waals surface area contributed by atoms with Crippen LogP contribution in [-0.2, 0) is 9.84 Å². The molecule has 1 unspecified atom stereocenters. The summed E-state index contributed by atoms with van der Waals surface area (Å²) in [4.78, 5) is 13.6. The minimum Gasteiger partial charge on any atom is -0.321 e. The Kier molecular flexibility index (Phi) is 4.08. The summed E-state index contributed by atoms with van der Waals surface area (Å²) in [6.07, 6.45) is 5.62. The van der Waals surface area contributed by atoms with Gasteiger partial charge in [0.1, 0.15) is 0 Å². The van der Waals surface area contributed by atoms with Crippen LogP contribution in [0.15, 0.2) is 0 Å². The van der Waals surface area contributed by atoms with E-state index in [1.165, 1.54) is 4.90 Å². The molecule has 2 rings (SSSR count). The summed E-state index contributed by atoms with van der Waals surface area (Å²) in [5, 5.41) is 7.32. The van der Waals surface area contributed by atoms with Crippen molar-refractivity contribution in [1.29, 1.82) is 0 Å². The number of aromatic nitrogens is 2. The first-order valence-electron chi connectivity index (χ1n) is 5.37. The fourth-order valence-electron chi connectivity index (χ4n) is 1.90. The number of hydrogen-bond acceptors (Lipinski definition) is 6. The van der Waals surface area contributed by atoms with Crippen LogP contribution in [0.1, 0.15) is 16.2 Å². The van der Waals surface area contributed by atoms with Crippen LogP contribution in [-0.4, -0.2) is 53.5 Å². The molecular weight excluding hydrogens is 310 g/mol. The van der Waals surface area contributed by atoms with Gasteiger partial charge in [-0.1, -0.05) is 17.3 Å². The van der Waals surface area contributed by atoms with Gasteiger partial charge in [0, 0.05) is 6.04 Å². The van der Waals surface area contributed by atoms with E-state index >= 15 is 0 Å². The minimum atomic E-state index is -3.09. The van der Waals surface area contributed by atoms with Crippen molar-refractivity contribution in [2.45, 2.75) is 12.5 Å². The molecule has 1 aromatic heterocycles. The van der Waals surface area contributed by atoms with Crippen molar-refractivity contribution in [1.82, 2.24) is 15.1 Å². The molecule has 0 N–H and O–H groups in total. The minimum absolute atomic E-state index is 0.0379. The van der Waals surface area contributed by atoms with Crippen LogP contribution in [0.3, 0.4) is 0 Å². The van der Waals surface area contributed by atoms with Crippen LogP contribution < -0.4 is 0 Å². The van der Waals surface area contributed by atoms with Crippen molar-refractivity contribution in [3.8, 4) is 12.3 Å². The smallest absolute Gasteiger partial charge is 0.285 e. The van der Waals surface area contributed by atoms with Gasteiger partial charge in [0.05, 0.1) is 18.1 Å². The Hall–Kier alpha value is -1.17. The quantitative estimate of drug-likeness (QED) is 0.756. The average Bonchev–Trinajstić information content (AvgIpc) is 2.91.